The lowest BCUT2D eigenvalue weighted by molar-refractivity contribution is 0.550. The van der Waals surface area contributed by atoms with E-state index in [-0.39, 0.29) is 5.82 Å². The Morgan fingerprint density at radius 3 is 2.79 bits per heavy atom. The first-order valence-corrected chi connectivity index (χ1v) is 7.17. The summed E-state index contributed by atoms with van der Waals surface area (Å²) >= 11 is 1.43. The SMILES string of the molecule is Cc1ccc(-c2nnc(CNCC(C)C)s2)c(F)c1. The van der Waals surface area contributed by atoms with E-state index in [1.54, 1.807) is 6.07 Å². The molecule has 0 spiro atoms. The Bertz CT molecular complexity index is 551. The maximum atomic E-state index is 13.8. The summed E-state index contributed by atoms with van der Waals surface area (Å²) in [6, 6.07) is 5.17. The Balaban J connectivity index is 2.08. The van der Waals surface area contributed by atoms with E-state index in [1.807, 2.05) is 13.0 Å². The number of rotatable bonds is 5. The number of benzene rings is 1. The number of nitrogens with one attached hydrogen (secondary N) is 1. The van der Waals surface area contributed by atoms with Crippen molar-refractivity contribution in [3.8, 4) is 10.6 Å². The molecule has 1 aromatic heterocycles. The first-order chi connectivity index (χ1) is 9.06. The molecule has 0 fully saturated rings. The average Bonchev–Trinajstić information content (AvgIpc) is 2.77. The van der Waals surface area contributed by atoms with E-state index in [2.05, 4.69) is 29.4 Å². The summed E-state index contributed by atoms with van der Waals surface area (Å²) in [6.45, 7) is 7.80. The third-order valence-electron chi connectivity index (χ3n) is 2.65. The van der Waals surface area contributed by atoms with Gasteiger partial charge in [-0.15, -0.1) is 10.2 Å². The van der Waals surface area contributed by atoms with Crippen molar-refractivity contribution >= 4 is 11.3 Å². The van der Waals surface area contributed by atoms with E-state index >= 15 is 0 Å². The number of nitrogens with zero attached hydrogens (tertiary/aromatic N) is 2. The summed E-state index contributed by atoms with van der Waals surface area (Å²) in [4.78, 5) is 0. The van der Waals surface area contributed by atoms with Gasteiger partial charge < -0.3 is 5.32 Å². The molecule has 0 bridgehead atoms. The van der Waals surface area contributed by atoms with Gasteiger partial charge in [0.05, 0.1) is 0 Å². The van der Waals surface area contributed by atoms with E-state index in [1.165, 1.54) is 17.4 Å². The molecule has 0 saturated heterocycles. The molecular formula is C14H18FN3S. The van der Waals surface area contributed by atoms with Gasteiger partial charge in [0.1, 0.15) is 10.8 Å². The summed E-state index contributed by atoms with van der Waals surface area (Å²) in [5.74, 6) is 0.361. The predicted molar refractivity (Wildman–Crippen MR) is 76.6 cm³/mol. The Morgan fingerprint density at radius 2 is 2.11 bits per heavy atom. The van der Waals surface area contributed by atoms with Crippen LogP contribution in [0.4, 0.5) is 4.39 Å². The molecule has 102 valence electrons. The molecule has 0 aliphatic carbocycles. The molecule has 0 radical (unpaired) electrons. The molecule has 0 unspecified atom stereocenters. The molecule has 1 heterocycles. The predicted octanol–water partition coefficient (Wildman–Crippen LogP) is 3.40. The molecule has 5 heteroatoms. The van der Waals surface area contributed by atoms with Crippen LogP contribution in [-0.2, 0) is 6.54 Å². The normalized spacial score (nSPS) is 11.2. The van der Waals surface area contributed by atoms with Crippen molar-refractivity contribution in [1.82, 2.24) is 15.5 Å². The summed E-state index contributed by atoms with van der Waals surface area (Å²) in [5, 5.41) is 13.0. The summed E-state index contributed by atoms with van der Waals surface area (Å²) in [6.07, 6.45) is 0. The van der Waals surface area contributed by atoms with Crippen molar-refractivity contribution in [1.29, 1.82) is 0 Å². The number of hydrogen-bond donors (Lipinski definition) is 1. The molecule has 1 N–H and O–H groups in total. The highest BCUT2D eigenvalue weighted by Crippen LogP contribution is 2.26. The molecule has 19 heavy (non-hydrogen) atoms. The van der Waals surface area contributed by atoms with Crippen LogP contribution in [0, 0.1) is 18.7 Å². The van der Waals surface area contributed by atoms with Gasteiger partial charge in [0.25, 0.3) is 0 Å². The van der Waals surface area contributed by atoms with E-state index in [9.17, 15) is 4.39 Å². The third-order valence-corrected chi connectivity index (χ3v) is 3.61. The van der Waals surface area contributed by atoms with Crippen LogP contribution in [0.15, 0.2) is 18.2 Å². The summed E-state index contributed by atoms with van der Waals surface area (Å²) < 4.78 is 13.8. The molecule has 3 nitrogen and oxygen atoms in total. The number of aromatic nitrogens is 2. The molecule has 0 aliphatic rings. The van der Waals surface area contributed by atoms with E-state index in [0.717, 1.165) is 17.1 Å². The van der Waals surface area contributed by atoms with E-state index < -0.39 is 0 Å². The average molecular weight is 279 g/mol. The van der Waals surface area contributed by atoms with Gasteiger partial charge in [-0.25, -0.2) is 4.39 Å². The lowest BCUT2D eigenvalue weighted by Crippen LogP contribution is -2.18. The van der Waals surface area contributed by atoms with Crippen LogP contribution in [0.25, 0.3) is 10.6 Å². The fourth-order valence-corrected chi connectivity index (χ4v) is 2.53. The van der Waals surface area contributed by atoms with Crippen LogP contribution in [-0.4, -0.2) is 16.7 Å². The summed E-state index contributed by atoms with van der Waals surface area (Å²) in [7, 11) is 0. The maximum absolute atomic E-state index is 13.8. The molecule has 2 rings (SSSR count). The molecule has 0 saturated carbocycles. The largest absolute Gasteiger partial charge is 0.310 e. The van der Waals surface area contributed by atoms with Crippen molar-refractivity contribution < 1.29 is 4.39 Å². The van der Waals surface area contributed by atoms with Crippen molar-refractivity contribution in [2.45, 2.75) is 27.3 Å². The molecule has 0 aliphatic heterocycles. The maximum Gasteiger partial charge on any atom is 0.150 e. The van der Waals surface area contributed by atoms with Crippen molar-refractivity contribution in [3.05, 3.63) is 34.6 Å². The van der Waals surface area contributed by atoms with Crippen molar-refractivity contribution in [2.75, 3.05) is 6.54 Å². The first kappa shape index (κ1) is 14.1. The molecule has 0 amide bonds. The Labute approximate surface area is 116 Å². The second-order valence-electron chi connectivity index (χ2n) is 5.01. The van der Waals surface area contributed by atoms with Crippen LogP contribution in [0.2, 0.25) is 0 Å². The van der Waals surface area contributed by atoms with Gasteiger partial charge in [0.15, 0.2) is 5.01 Å². The zero-order chi connectivity index (χ0) is 13.8. The third kappa shape index (κ3) is 3.81. The van der Waals surface area contributed by atoms with Crippen molar-refractivity contribution in [3.63, 3.8) is 0 Å². The minimum Gasteiger partial charge on any atom is -0.310 e. The number of hydrogen-bond acceptors (Lipinski definition) is 4. The van der Waals surface area contributed by atoms with Crippen molar-refractivity contribution in [2.24, 2.45) is 5.92 Å². The van der Waals surface area contributed by atoms with Crippen LogP contribution >= 0.6 is 11.3 Å². The van der Waals surface area contributed by atoms with Gasteiger partial charge in [0.2, 0.25) is 0 Å². The zero-order valence-electron chi connectivity index (χ0n) is 11.4. The quantitative estimate of drug-likeness (QED) is 0.911. The van der Waals surface area contributed by atoms with Gasteiger partial charge in [-0.05, 0) is 37.1 Å². The molecule has 1 aromatic carbocycles. The van der Waals surface area contributed by atoms with Gasteiger partial charge >= 0.3 is 0 Å². The fourth-order valence-electron chi connectivity index (χ4n) is 1.70. The Morgan fingerprint density at radius 1 is 1.32 bits per heavy atom. The van der Waals surface area contributed by atoms with Crippen LogP contribution in [0.3, 0.4) is 0 Å². The second kappa shape index (κ2) is 6.21. The van der Waals surface area contributed by atoms with Gasteiger partial charge in [-0.2, -0.15) is 0 Å². The highest BCUT2D eigenvalue weighted by molar-refractivity contribution is 7.14. The van der Waals surface area contributed by atoms with Crippen LogP contribution in [0.1, 0.15) is 24.4 Å². The van der Waals surface area contributed by atoms with Gasteiger partial charge in [-0.1, -0.05) is 31.3 Å². The standard InChI is InChI=1S/C14H18FN3S/c1-9(2)7-16-8-13-17-18-14(19-13)11-5-4-10(3)6-12(11)15/h4-6,9,16H,7-8H2,1-3H3. The second-order valence-corrected chi connectivity index (χ2v) is 6.07. The minimum absolute atomic E-state index is 0.238. The van der Waals surface area contributed by atoms with E-state index in [4.69, 9.17) is 0 Å². The van der Waals surface area contributed by atoms with E-state index in [0.29, 0.717) is 23.0 Å². The molecule has 0 atom stereocenters. The smallest absolute Gasteiger partial charge is 0.150 e. The zero-order valence-corrected chi connectivity index (χ0v) is 12.2. The minimum atomic E-state index is -0.238. The Kier molecular flexibility index (Phi) is 4.61. The monoisotopic (exact) mass is 279 g/mol. The fraction of sp³-hybridized carbons (Fsp3) is 0.429. The molecule has 2 aromatic rings. The van der Waals surface area contributed by atoms with Crippen LogP contribution < -0.4 is 5.32 Å². The highest BCUT2D eigenvalue weighted by atomic mass is 32.1. The summed E-state index contributed by atoms with van der Waals surface area (Å²) in [5.41, 5.74) is 1.43. The molecular weight excluding hydrogens is 261 g/mol. The number of halogens is 1. The van der Waals surface area contributed by atoms with Gasteiger partial charge in [-0.3, -0.25) is 0 Å². The topological polar surface area (TPSA) is 37.8 Å². The lowest BCUT2D eigenvalue weighted by atomic mass is 10.1. The van der Waals surface area contributed by atoms with Crippen LogP contribution in [0.5, 0.6) is 0 Å². The lowest BCUT2D eigenvalue weighted by Gasteiger charge is -2.04. The Hall–Kier alpha value is -1.33. The van der Waals surface area contributed by atoms with Gasteiger partial charge in [0, 0.05) is 12.1 Å². The number of aryl methyl sites for hydroxylation is 1. The first-order valence-electron chi connectivity index (χ1n) is 6.36. The highest BCUT2D eigenvalue weighted by Gasteiger charge is 2.11.